The molecule has 0 heterocycles. The highest BCUT2D eigenvalue weighted by Crippen LogP contribution is 2.24. The highest BCUT2D eigenvalue weighted by molar-refractivity contribution is 5.64. The summed E-state index contributed by atoms with van der Waals surface area (Å²) < 4.78 is 26.6. The maximum atomic E-state index is 13.3. The first-order chi connectivity index (χ1) is 9.60. The van der Waals surface area contributed by atoms with Crippen LogP contribution >= 0.6 is 0 Å². The highest BCUT2D eigenvalue weighted by atomic mass is 19.1. The van der Waals surface area contributed by atoms with Crippen molar-refractivity contribution in [3.05, 3.63) is 59.7 Å². The number of hydrogen-bond donors (Lipinski definition) is 1. The molecule has 1 atom stereocenters. The Balaban J connectivity index is 2.29. The van der Waals surface area contributed by atoms with Gasteiger partial charge in [-0.25, -0.2) is 8.78 Å². The fourth-order valence-corrected chi connectivity index (χ4v) is 2.19. The number of rotatable bonds is 5. The monoisotopic (exact) mass is 275 g/mol. The Morgan fingerprint density at radius 2 is 1.70 bits per heavy atom. The molecule has 1 N–H and O–H groups in total. The van der Waals surface area contributed by atoms with E-state index in [9.17, 15) is 8.78 Å². The summed E-state index contributed by atoms with van der Waals surface area (Å²) in [5.74, 6) is -1.11. The van der Waals surface area contributed by atoms with Gasteiger partial charge in [0.2, 0.25) is 0 Å². The summed E-state index contributed by atoms with van der Waals surface area (Å²) in [5.41, 5.74) is 2.50. The number of nitrogens with one attached hydrogen (secondary N) is 1. The van der Waals surface area contributed by atoms with Crippen LogP contribution in [0.15, 0.2) is 42.5 Å². The minimum atomic E-state index is -0.553. The molecule has 20 heavy (non-hydrogen) atoms. The van der Waals surface area contributed by atoms with Crippen LogP contribution in [-0.4, -0.2) is 6.54 Å². The largest absolute Gasteiger partial charge is 0.310 e. The van der Waals surface area contributed by atoms with E-state index in [4.69, 9.17) is 0 Å². The first kappa shape index (κ1) is 14.7. The van der Waals surface area contributed by atoms with Gasteiger partial charge in [0.05, 0.1) is 0 Å². The second-order valence-corrected chi connectivity index (χ2v) is 4.96. The lowest BCUT2D eigenvalue weighted by Crippen LogP contribution is -2.19. The van der Waals surface area contributed by atoms with E-state index in [2.05, 4.69) is 19.2 Å². The van der Waals surface area contributed by atoms with Gasteiger partial charge in [-0.15, -0.1) is 0 Å². The smallest absolute Gasteiger partial charge is 0.126 e. The molecule has 106 valence electrons. The van der Waals surface area contributed by atoms with E-state index in [1.54, 1.807) is 0 Å². The lowest BCUT2D eigenvalue weighted by molar-refractivity contribution is 0.571. The van der Waals surface area contributed by atoms with Crippen LogP contribution in [-0.2, 0) is 0 Å². The Hall–Kier alpha value is -1.74. The second-order valence-electron chi connectivity index (χ2n) is 4.96. The molecule has 0 radical (unpaired) electrons. The minimum Gasteiger partial charge on any atom is -0.310 e. The van der Waals surface area contributed by atoms with Crippen LogP contribution in [0.2, 0.25) is 0 Å². The molecule has 0 aromatic heterocycles. The molecule has 0 bridgehead atoms. The van der Waals surface area contributed by atoms with E-state index in [0.29, 0.717) is 5.56 Å². The Morgan fingerprint density at radius 3 is 2.35 bits per heavy atom. The third-order valence-electron chi connectivity index (χ3n) is 3.28. The van der Waals surface area contributed by atoms with Crippen molar-refractivity contribution in [3.63, 3.8) is 0 Å². The van der Waals surface area contributed by atoms with E-state index in [1.165, 1.54) is 12.1 Å². The fraction of sp³-hybridized carbons (Fsp3) is 0.294. The molecule has 1 unspecified atom stereocenters. The zero-order valence-electron chi connectivity index (χ0n) is 11.8. The number of hydrogen-bond acceptors (Lipinski definition) is 1. The predicted molar refractivity (Wildman–Crippen MR) is 78.5 cm³/mol. The lowest BCUT2D eigenvalue weighted by Gasteiger charge is -2.15. The van der Waals surface area contributed by atoms with Crippen molar-refractivity contribution in [2.45, 2.75) is 26.3 Å². The van der Waals surface area contributed by atoms with Crippen molar-refractivity contribution in [1.82, 2.24) is 5.32 Å². The summed E-state index contributed by atoms with van der Waals surface area (Å²) in [7, 11) is 0. The molecule has 3 heteroatoms. The maximum absolute atomic E-state index is 13.3. The van der Waals surface area contributed by atoms with E-state index >= 15 is 0 Å². The second kappa shape index (κ2) is 6.62. The molecule has 0 fully saturated rings. The predicted octanol–water partition coefficient (Wildman–Crippen LogP) is 4.69. The molecule has 0 aliphatic heterocycles. The van der Waals surface area contributed by atoms with E-state index in [-0.39, 0.29) is 6.04 Å². The van der Waals surface area contributed by atoms with Gasteiger partial charge >= 0.3 is 0 Å². The average Bonchev–Trinajstić information content (AvgIpc) is 2.44. The normalized spacial score (nSPS) is 12.4. The van der Waals surface area contributed by atoms with Crippen LogP contribution in [0.25, 0.3) is 11.1 Å². The minimum absolute atomic E-state index is 0.216. The molecular formula is C17H19F2N. The summed E-state index contributed by atoms with van der Waals surface area (Å²) >= 11 is 0. The van der Waals surface area contributed by atoms with Gasteiger partial charge in [0, 0.05) is 12.1 Å². The summed E-state index contributed by atoms with van der Waals surface area (Å²) in [4.78, 5) is 0. The van der Waals surface area contributed by atoms with Gasteiger partial charge in [-0.2, -0.15) is 0 Å². The van der Waals surface area contributed by atoms with Gasteiger partial charge in [-0.05, 0) is 54.8 Å². The molecule has 2 aromatic rings. The molecule has 0 saturated carbocycles. The molecule has 0 aliphatic carbocycles. The van der Waals surface area contributed by atoms with E-state index in [0.717, 1.165) is 30.2 Å². The molecule has 1 nitrogen and oxygen atoms in total. The van der Waals surface area contributed by atoms with Crippen molar-refractivity contribution in [1.29, 1.82) is 0 Å². The molecule has 0 amide bonds. The quantitative estimate of drug-likeness (QED) is 0.834. The Bertz CT molecular complexity index is 561. The lowest BCUT2D eigenvalue weighted by atomic mass is 10.00. The standard InChI is InChI=1S/C17H19F2N/c1-3-7-20-12(2)13-5-4-6-14(8-13)15-9-16(18)11-17(19)10-15/h4-6,8-12,20H,3,7H2,1-2H3. The number of halogens is 2. The molecule has 0 spiro atoms. The summed E-state index contributed by atoms with van der Waals surface area (Å²) in [5, 5.41) is 3.40. The van der Waals surface area contributed by atoms with Crippen molar-refractivity contribution in [2.24, 2.45) is 0 Å². The third kappa shape index (κ3) is 3.64. The van der Waals surface area contributed by atoms with Crippen molar-refractivity contribution in [3.8, 4) is 11.1 Å². The van der Waals surface area contributed by atoms with Crippen LogP contribution in [0.5, 0.6) is 0 Å². The van der Waals surface area contributed by atoms with E-state index in [1.807, 2.05) is 24.3 Å². The van der Waals surface area contributed by atoms with Gasteiger partial charge in [0.15, 0.2) is 0 Å². The average molecular weight is 275 g/mol. The van der Waals surface area contributed by atoms with E-state index < -0.39 is 11.6 Å². The zero-order valence-corrected chi connectivity index (χ0v) is 11.8. The van der Waals surface area contributed by atoms with Crippen molar-refractivity contribution < 1.29 is 8.78 Å². The Morgan fingerprint density at radius 1 is 1.00 bits per heavy atom. The summed E-state index contributed by atoms with van der Waals surface area (Å²) in [6.07, 6.45) is 1.07. The Labute approximate surface area is 118 Å². The Kier molecular flexibility index (Phi) is 4.85. The van der Waals surface area contributed by atoms with Crippen LogP contribution in [0.1, 0.15) is 31.9 Å². The maximum Gasteiger partial charge on any atom is 0.126 e. The molecule has 0 aliphatic rings. The third-order valence-corrected chi connectivity index (χ3v) is 3.28. The first-order valence-corrected chi connectivity index (χ1v) is 6.90. The SMILES string of the molecule is CCCNC(C)c1cccc(-c2cc(F)cc(F)c2)c1. The molecular weight excluding hydrogens is 256 g/mol. The topological polar surface area (TPSA) is 12.0 Å². The summed E-state index contributed by atoms with van der Waals surface area (Å²) in [6, 6.07) is 11.6. The summed E-state index contributed by atoms with van der Waals surface area (Å²) in [6.45, 7) is 5.15. The van der Waals surface area contributed by atoms with Crippen LogP contribution in [0.4, 0.5) is 8.78 Å². The van der Waals surface area contributed by atoms with Gasteiger partial charge in [-0.3, -0.25) is 0 Å². The van der Waals surface area contributed by atoms with Gasteiger partial charge in [0.25, 0.3) is 0 Å². The molecule has 2 rings (SSSR count). The van der Waals surface area contributed by atoms with Gasteiger partial charge in [-0.1, -0.05) is 25.1 Å². The molecule has 2 aromatic carbocycles. The van der Waals surface area contributed by atoms with Crippen LogP contribution < -0.4 is 5.32 Å². The first-order valence-electron chi connectivity index (χ1n) is 6.90. The van der Waals surface area contributed by atoms with Crippen molar-refractivity contribution >= 4 is 0 Å². The van der Waals surface area contributed by atoms with Gasteiger partial charge < -0.3 is 5.32 Å². The number of benzene rings is 2. The fourth-order valence-electron chi connectivity index (χ4n) is 2.19. The van der Waals surface area contributed by atoms with Crippen LogP contribution in [0.3, 0.4) is 0 Å². The van der Waals surface area contributed by atoms with Gasteiger partial charge in [0.1, 0.15) is 11.6 Å². The van der Waals surface area contributed by atoms with Crippen molar-refractivity contribution in [2.75, 3.05) is 6.54 Å². The molecule has 0 saturated heterocycles. The van der Waals surface area contributed by atoms with Crippen LogP contribution in [0, 0.1) is 11.6 Å². The highest BCUT2D eigenvalue weighted by Gasteiger charge is 2.07. The zero-order chi connectivity index (χ0) is 14.5.